The molecule has 0 aliphatic carbocycles. The van der Waals surface area contributed by atoms with Crippen LogP contribution in [0, 0.1) is 5.82 Å². The number of carbonyl (C=O) groups excluding carboxylic acids is 1. The maximum absolute atomic E-state index is 13.3. The van der Waals surface area contributed by atoms with Crippen molar-refractivity contribution in [2.24, 2.45) is 0 Å². The maximum atomic E-state index is 13.3. The van der Waals surface area contributed by atoms with Gasteiger partial charge in [-0.25, -0.2) is 17.6 Å². The number of esters is 1. The topological polar surface area (TPSA) is 90.9 Å². The molecule has 0 aliphatic rings. The Bertz CT molecular complexity index is 1020. The van der Waals surface area contributed by atoms with Crippen molar-refractivity contribution in [2.45, 2.75) is 4.90 Å². The minimum atomic E-state index is -4.15. The summed E-state index contributed by atoms with van der Waals surface area (Å²) >= 11 is 3.11. The Morgan fingerprint density at radius 1 is 1.14 bits per heavy atom. The van der Waals surface area contributed by atoms with Gasteiger partial charge in [-0.05, 0) is 57.9 Å². The number of benzene rings is 2. The first-order valence-electron chi connectivity index (χ1n) is 7.71. The van der Waals surface area contributed by atoms with Gasteiger partial charge in [0.2, 0.25) is 0 Å². The number of methoxy groups -OCH3 is 3. The highest BCUT2D eigenvalue weighted by Gasteiger charge is 2.24. The first-order chi connectivity index (χ1) is 13.2. The van der Waals surface area contributed by atoms with E-state index in [0.717, 1.165) is 18.2 Å². The summed E-state index contributed by atoms with van der Waals surface area (Å²) in [5.74, 6) is -1.01. The van der Waals surface area contributed by atoms with Crippen LogP contribution < -0.4 is 14.2 Å². The minimum absolute atomic E-state index is 0.0246. The third kappa shape index (κ3) is 5.02. The highest BCUT2D eigenvalue weighted by atomic mass is 79.9. The van der Waals surface area contributed by atoms with E-state index in [1.54, 1.807) is 0 Å². The summed E-state index contributed by atoms with van der Waals surface area (Å²) in [6.45, 7) is 0. The fourth-order valence-corrected chi connectivity index (χ4v) is 4.13. The van der Waals surface area contributed by atoms with E-state index in [0.29, 0.717) is 5.56 Å². The number of ether oxygens (including phenoxy) is 3. The lowest BCUT2D eigenvalue weighted by Crippen LogP contribution is -2.15. The summed E-state index contributed by atoms with van der Waals surface area (Å²) in [5.41, 5.74) is 0.500. The first kappa shape index (κ1) is 21.7. The molecular weight excluding hydrogens is 457 g/mol. The molecule has 2 aromatic carbocycles. The first-order valence-corrected chi connectivity index (χ1v) is 9.99. The zero-order valence-electron chi connectivity index (χ0n) is 15.2. The lowest BCUT2D eigenvalue weighted by molar-refractivity contribution is -0.134. The molecule has 0 amide bonds. The molecule has 0 heterocycles. The summed E-state index contributed by atoms with van der Waals surface area (Å²) in [4.78, 5) is 11.1. The van der Waals surface area contributed by atoms with Crippen LogP contribution in [0.4, 0.5) is 10.1 Å². The Morgan fingerprint density at radius 2 is 1.86 bits per heavy atom. The monoisotopic (exact) mass is 473 g/mol. The van der Waals surface area contributed by atoms with Gasteiger partial charge in [-0.2, -0.15) is 0 Å². The van der Waals surface area contributed by atoms with Crippen LogP contribution in [0.3, 0.4) is 0 Å². The van der Waals surface area contributed by atoms with E-state index in [9.17, 15) is 17.6 Å². The predicted molar refractivity (Wildman–Crippen MR) is 106 cm³/mol. The minimum Gasteiger partial charge on any atom is -0.493 e. The molecule has 0 aromatic heterocycles. The number of nitrogens with one attached hydrogen (secondary N) is 1. The molecule has 10 heteroatoms. The second-order valence-electron chi connectivity index (χ2n) is 5.34. The van der Waals surface area contributed by atoms with E-state index in [-0.39, 0.29) is 26.6 Å². The van der Waals surface area contributed by atoms with Crippen molar-refractivity contribution in [3.63, 3.8) is 0 Å². The molecule has 7 nitrogen and oxygen atoms in total. The summed E-state index contributed by atoms with van der Waals surface area (Å²) in [7, 11) is -0.271. The number of halogens is 2. The van der Waals surface area contributed by atoms with Crippen LogP contribution in [-0.4, -0.2) is 35.7 Å². The largest absolute Gasteiger partial charge is 0.493 e. The van der Waals surface area contributed by atoms with Crippen molar-refractivity contribution in [1.82, 2.24) is 0 Å². The fourth-order valence-electron chi connectivity index (χ4n) is 2.25. The van der Waals surface area contributed by atoms with Gasteiger partial charge >= 0.3 is 5.97 Å². The van der Waals surface area contributed by atoms with E-state index < -0.39 is 21.8 Å². The number of carbonyl (C=O) groups is 1. The van der Waals surface area contributed by atoms with Crippen LogP contribution >= 0.6 is 15.9 Å². The highest BCUT2D eigenvalue weighted by Crippen LogP contribution is 2.37. The van der Waals surface area contributed by atoms with Gasteiger partial charge in [0, 0.05) is 10.5 Å². The Morgan fingerprint density at radius 3 is 2.43 bits per heavy atom. The Labute approximate surface area is 170 Å². The van der Waals surface area contributed by atoms with Gasteiger partial charge in [0.15, 0.2) is 11.5 Å². The normalized spacial score (nSPS) is 11.3. The molecule has 1 N–H and O–H groups in total. The molecule has 0 bridgehead atoms. The number of hydrogen-bond acceptors (Lipinski definition) is 6. The lowest BCUT2D eigenvalue weighted by Gasteiger charge is -2.16. The van der Waals surface area contributed by atoms with Crippen LogP contribution in [0.1, 0.15) is 5.56 Å². The number of hydrogen-bond donors (Lipinski definition) is 1. The van der Waals surface area contributed by atoms with Crippen molar-refractivity contribution in [3.05, 3.63) is 52.3 Å². The molecule has 2 rings (SSSR count). The van der Waals surface area contributed by atoms with Gasteiger partial charge in [-0.1, -0.05) is 0 Å². The fraction of sp³-hybridized carbons (Fsp3) is 0.167. The number of anilines is 1. The standard InChI is InChI=1S/C18H17BrFNO6S/c1-25-15-8-11(4-7-17(22)26-2)9-16(18(15)27-3)28(23,24)21-14-6-5-12(20)10-13(14)19/h4-10,21H,1-3H3/b7-4+. The molecule has 0 saturated carbocycles. The molecule has 0 atom stereocenters. The summed E-state index contributed by atoms with van der Waals surface area (Å²) in [5, 5.41) is 0. The van der Waals surface area contributed by atoms with Gasteiger partial charge in [-0.15, -0.1) is 0 Å². The molecule has 0 radical (unpaired) electrons. The molecule has 0 unspecified atom stereocenters. The quantitative estimate of drug-likeness (QED) is 0.487. The van der Waals surface area contributed by atoms with Crippen LogP contribution in [0.15, 0.2) is 45.8 Å². The van der Waals surface area contributed by atoms with Gasteiger partial charge in [0.25, 0.3) is 10.0 Å². The van der Waals surface area contributed by atoms with Crippen molar-refractivity contribution >= 4 is 43.7 Å². The molecule has 0 saturated heterocycles. The van der Waals surface area contributed by atoms with Gasteiger partial charge in [0.1, 0.15) is 10.7 Å². The Hall–Kier alpha value is -2.59. The van der Waals surface area contributed by atoms with Crippen LogP contribution in [0.25, 0.3) is 6.08 Å². The van der Waals surface area contributed by atoms with Gasteiger partial charge in [0.05, 0.1) is 27.0 Å². The molecular formula is C18H17BrFNO6S. The molecule has 2 aromatic rings. The molecule has 0 aliphatic heterocycles. The van der Waals surface area contributed by atoms with E-state index in [1.165, 1.54) is 45.6 Å². The van der Waals surface area contributed by atoms with E-state index >= 15 is 0 Å². The van der Waals surface area contributed by atoms with Crippen molar-refractivity contribution < 1.29 is 31.8 Å². The predicted octanol–water partition coefficient (Wildman–Crippen LogP) is 3.59. The SMILES string of the molecule is COC(=O)/C=C/c1cc(OC)c(OC)c(S(=O)(=O)Nc2ccc(F)cc2Br)c1. The third-order valence-electron chi connectivity index (χ3n) is 3.55. The Balaban J connectivity index is 2.56. The molecule has 0 fully saturated rings. The Kier molecular flexibility index (Phi) is 7.03. The highest BCUT2D eigenvalue weighted by molar-refractivity contribution is 9.10. The van der Waals surface area contributed by atoms with Gasteiger partial charge in [-0.3, -0.25) is 4.72 Å². The van der Waals surface area contributed by atoms with Crippen LogP contribution in [0.5, 0.6) is 11.5 Å². The molecule has 0 spiro atoms. The van der Waals surface area contributed by atoms with Crippen LogP contribution in [0.2, 0.25) is 0 Å². The molecule has 150 valence electrons. The van der Waals surface area contributed by atoms with Crippen molar-refractivity contribution in [3.8, 4) is 11.5 Å². The van der Waals surface area contributed by atoms with E-state index in [1.807, 2.05) is 0 Å². The second kappa shape index (κ2) is 9.07. The van der Waals surface area contributed by atoms with E-state index in [2.05, 4.69) is 25.4 Å². The summed E-state index contributed by atoms with van der Waals surface area (Å²) in [6, 6.07) is 6.34. The molecule has 28 heavy (non-hydrogen) atoms. The second-order valence-corrected chi connectivity index (χ2v) is 7.85. The summed E-state index contributed by atoms with van der Waals surface area (Å²) in [6.07, 6.45) is 2.52. The maximum Gasteiger partial charge on any atom is 0.330 e. The van der Waals surface area contributed by atoms with Gasteiger partial charge < -0.3 is 14.2 Å². The lowest BCUT2D eigenvalue weighted by atomic mass is 10.2. The smallest absolute Gasteiger partial charge is 0.330 e. The average molecular weight is 474 g/mol. The van der Waals surface area contributed by atoms with E-state index in [4.69, 9.17) is 9.47 Å². The number of rotatable bonds is 7. The van der Waals surface area contributed by atoms with Crippen LogP contribution in [-0.2, 0) is 19.6 Å². The summed E-state index contributed by atoms with van der Waals surface area (Å²) < 4.78 is 56.7. The third-order valence-corrected chi connectivity index (χ3v) is 5.57. The van der Waals surface area contributed by atoms with Crippen molar-refractivity contribution in [2.75, 3.05) is 26.1 Å². The zero-order chi connectivity index (χ0) is 20.9. The zero-order valence-corrected chi connectivity index (χ0v) is 17.6. The number of sulfonamides is 1. The average Bonchev–Trinajstić information content (AvgIpc) is 2.67. The van der Waals surface area contributed by atoms with Crippen molar-refractivity contribution in [1.29, 1.82) is 0 Å².